The number of nitrogens with zero attached hydrogens (tertiary/aromatic N) is 1. The Bertz CT molecular complexity index is 283. The SMILES string of the molecule is CCNC(C)(C)C(=O)N1CCC(C(C)(C)C)CC1. The molecule has 1 aliphatic rings. The Balaban J connectivity index is 2.55. The first-order chi connectivity index (χ1) is 8.18. The van der Waals surface area contributed by atoms with E-state index in [9.17, 15) is 4.79 Å². The fourth-order valence-electron chi connectivity index (χ4n) is 2.86. The summed E-state index contributed by atoms with van der Waals surface area (Å²) in [6.45, 7) is 15.6. The van der Waals surface area contributed by atoms with Gasteiger partial charge in [0.2, 0.25) is 5.91 Å². The molecule has 0 aromatic rings. The third kappa shape index (κ3) is 3.71. The summed E-state index contributed by atoms with van der Waals surface area (Å²) in [4.78, 5) is 14.5. The number of piperidine rings is 1. The molecule has 1 aliphatic heterocycles. The smallest absolute Gasteiger partial charge is 0.242 e. The highest BCUT2D eigenvalue weighted by Crippen LogP contribution is 2.34. The van der Waals surface area contributed by atoms with Gasteiger partial charge in [0.15, 0.2) is 0 Å². The van der Waals surface area contributed by atoms with E-state index >= 15 is 0 Å². The van der Waals surface area contributed by atoms with Gasteiger partial charge < -0.3 is 10.2 Å². The predicted molar refractivity (Wildman–Crippen MR) is 76.5 cm³/mol. The van der Waals surface area contributed by atoms with Crippen molar-refractivity contribution in [3.8, 4) is 0 Å². The number of carbonyl (C=O) groups excluding carboxylic acids is 1. The zero-order valence-corrected chi connectivity index (χ0v) is 13.0. The monoisotopic (exact) mass is 254 g/mol. The highest BCUT2D eigenvalue weighted by molar-refractivity contribution is 5.85. The topological polar surface area (TPSA) is 32.3 Å². The van der Waals surface area contributed by atoms with Crippen LogP contribution in [0.2, 0.25) is 0 Å². The van der Waals surface area contributed by atoms with Crippen LogP contribution in [-0.2, 0) is 4.79 Å². The average molecular weight is 254 g/mol. The van der Waals surface area contributed by atoms with E-state index in [0.717, 1.165) is 38.4 Å². The molecule has 18 heavy (non-hydrogen) atoms. The molecule has 0 unspecified atom stereocenters. The molecule has 0 aromatic heterocycles. The molecule has 1 rings (SSSR count). The van der Waals surface area contributed by atoms with Gasteiger partial charge in [-0.1, -0.05) is 27.7 Å². The molecule has 3 nitrogen and oxygen atoms in total. The second-order valence-corrected chi connectivity index (χ2v) is 7.09. The fourth-order valence-corrected chi connectivity index (χ4v) is 2.86. The molecular formula is C15H30N2O. The van der Waals surface area contributed by atoms with E-state index in [-0.39, 0.29) is 5.91 Å². The van der Waals surface area contributed by atoms with Gasteiger partial charge in [0.1, 0.15) is 0 Å². The van der Waals surface area contributed by atoms with E-state index in [1.807, 2.05) is 25.7 Å². The van der Waals surface area contributed by atoms with Crippen molar-refractivity contribution in [2.24, 2.45) is 11.3 Å². The maximum Gasteiger partial charge on any atom is 0.242 e. The Labute approximate surface area is 112 Å². The van der Waals surface area contributed by atoms with Crippen LogP contribution in [0.1, 0.15) is 54.4 Å². The van der Waals surface area contributed by atoms with Crippen molar-refractivity contribution in [1.82, 2.24) is 10.2 Å². The van der Waals surface area contributed by atoms with Crippen molar-refractivity contribution in [3.05, 3.63) is 0 Å². The Morgan fingerprint density at radius 2 is 1.67 bits per heavy atom. The van der Waals surface area contributed by atoms with Crippen LogP contribution in [0, 0.1) is 11.3 Å². The Kier molecular flexibility index (Phi) is 4.82. The van der Waals surface area contributed by atoms with Crippen molar-refractivity contribution in [2.45, 2.75) is 59.9 Å². The molecule has 1 amide bonds. The van der Waals surface area contributed by atoms with Crippen molar-refractivity contribution < 1.29 is 4.79 Å². The van der Waals surface area contributed by atoms with Gasteiger partial charge in [-0.3, -0.25) is 4.79 Å². The molecule has 106 valence electrons. The summed E-state index contributed by atoms with van der Waals surface area (Å²) in [5, 5.41) is 3.27. The van der Waals surface area contributed by atoms with Gasteiger partial charge in [0.05, 0.1) is 5.54 Å². The molecule has 0 aliphatic carbocycles. The largest absolute Gasteiger partial charge is 0.341 e. The molecule has 0 bridgehead atoms. The van der Waals surface area contributed by atoms with Crippen LogP contribution in [0.3, 0.4) is 0 Å². The van der Waals surface area contributed by atoms with Gasteiger partial charge in [-0.2, -0.15) is 0 Å². The van der Waals surface area contributed by atoms with Crippen molar-refractivity contribution in [1.29, 1.82) is 0 Å². The lowest BCUT2D eigenvalue weighted by Gasteiger charge is -2.41. The van der Waals surface area contributed by atoms with Crippen LogP contribution in [0.5, 0.6) is 0 Å². The third-order valence-corrected chi connectivity index (χ3v) is 4.16. The summed E-state index contributed by atoms with van der Waals surface area (Å²) in [7, 11) is 0. The quantitative estimate of drug-likeness (QED) is 0.840. The molecule has 1 heterocycles. The van der Waals surface area contributed by atoms with E-state index < -0.39 is 5.54 Å². The summed E-state index contributed by atoms with van der Waals surface area (Å²) in [6.07, 6.45) is 2.27. The highest BCUT2D eigenvalue weighted by atomic mass is 16.2. The number of rotatable bonds is 3. The predicted octanol–water partition coefficient (Wildman–Crippen LogP) is 2.66. The van der Waals surface area contributed by atoms with Gasteiger partial charge in [0.25, 0.3) is 0 Å². The molecule has 0 saturated carbocycles. The number of nitrogens with one attached hydrogen (secondary N) is 1. The van der Waals surface area contributed by atoms with Crippen LogP contribution in [-0.4, -0.2) is 36.0 Å². The highest BCUT2D eigenvalue weighted by Gasteiger charge is 2.35. The van der Waals surface area contributed by atoms with Gasteiger partial charge in [-0.15, -0.1) is 0 Å². The normalized spacial score (nSPS) is 19.1. The van der Waals surface area contributed by atoms with E-state index in [4.69, 9.17) is 0 Å². The number of likely N-dealkylation sites (N-methyl/N-ethyl adjacent to an activating group) is 1. The summed E-state index contributed by atoms with van der Waals surface area (Å²) in [6, 6.07) is 0. The van der Waals surface area contributed by atoms with Crippen LogP contribution in [0.4, 0.5) is 0 Å². The fraction of sp³-hybridized carbons (Fsp3) is 0.933. The first kappa shape index (κ1) is 15.5. The Hall–Kier alpha value is -0.570. The Morgan fingerprint density at radius 3 is 2.06 bits per heavy atom. The van der Waals surface area contributed by atoms with Crippen molar-refractivity contribution in [2.75, 3.05) is 19.6 Å². The lowest BCUT2D eigenvalue weighted by Crippen LogP contribution is -2.56. The minimum Gasteiger partial charge on any atom is -0.341 e. The number of carbonyl (C=O) groups is 1. The van der Waals surface area contributed by atoms with E-state index in [1.54, 1.807) is 0 Å². The van der Waals surface area contributed by atoms with Crippen LogP contribution >= 0.6 is 0 Å². The van der Waals surface area contributed by atoms with E-state index in [1.165, 1.54) is 0 Å². The zero-order valence-electron chi connectivity index (χ0n) is 13.0. The first-order valence-electron chi connectivity index (χ1n) is 7.23. The maximum absolute atomic E-state index is 12.4. The second kappa shape index (κ2) is 5.60. The lowest BCUT2D eigenvalue weighted by molar-refractivity contribution is -0.139. The maximum atomic E-state index is 12.4. The third-order valence-electron chi connectivity index (χ3n) is 4.16. The summed E-state index contributed by atoms with van der Waals surface area (Å²) in [5.41, 5.74) is -0.0599. The minimum atomic E-state index is -0.427. The average Bonchev–Trinajstić information content (AvgIpc) is 2.27. The molecule has 0 atom stereocenters. The zero-order chi connectivity index (χ0) is 14.0. The molecule has 0 spiro atoms. The van der Waals surface area contributed by atoms with Gasteiger partial charge >= 0.3 is 0 Å². The van der Waals surface area contributed by atoms with Gasteiger partial charge in [-0.25, -0.2) is 0 Å². The summed E-state index contributed by atoms with van der Waals surface area (Å²) < 4.78 is 0. The number of hydrogen-bond acceptors (Lipinski definition) is 2. The van der Waals surface area contributed by atoms with Crippen molar-refractivity contribution >= 4 is 5.91 Å². The standard InChI is InChI=1S/C15H30N2O/c1-7-16-15(5,6)13(18)17-10-8-12(9-11-17)14(2,3)4/h12,16H,7-11H2,1-6H3. The van der Waals surface area contributed by atoms with Crippen LogP contribution in [0.15, 0.2) is 0 Å². The van der Waals surface area contributed by atoms with Crippen LogP contribution in [0.25, 0.3) is 0 Å². The summed E-state index contributed by atoms with van der Waals surface area (Å²) >= 11 is 0. The molecular weight excluding hydrogens is 224 g/mol. The molecule has 0 radical (unpaired) electrons. The number of hydrogen-bond donors (Lipinski definition) is 1. The molecule has 1 N–H and O–H groups in total. The minimum absolute atomic E-state index is 0.247. The lowest BCUT2D eigenvalue weighted by atomic mass is 9.75. The Morgan fingerprint density at radius 1 is 1.17 bits per heavy atom. The van der Waals surface area contributed by atoms with Gasteiger partial charge in [0, 0.05) is 13.1 Å². The van der Waals surface area contributed by atoms with Crippen molar-refractivity contribution in [3.63, 3.8) is 0 Å². The second-order valence-electron chi connectivity index (χ2n) is 7.09. The van der Waals surface area contributed by atoms with Crippen LogP contribution < -0.4 is 5.32 Å². The molecule has 1 fully saturated rings. The number of likely N-dealkylation sites (tertiary alicyclic amines) is 1. The molecule has 0 aromatic carbocycles. The van der Waals surface area contributed by atoms with Gasteiger partial charge in [-0.05, 0) is 44.6 Å². The summed E-state index contributed by atoms with van der Waals surface area (Å²) in [5.74, 6) is 0.987. The van der Waals surface area contributed by atoms with E-state index in [0.29, 0.717) is 5.41 Å². The number of amides is 1. The van der Waals surface area contributed by atoms with E-state index in [2.05, 4.69) is 26.1 Å². The first-order valence-corrected chi connectivity index (χ1v) is 7.23. The molecule has 3 heteroatoms. The molecule has 1 saturated heterocycles.